The molecule has 0 aromatic heterocycles. The second-order valence-electron chi connectivity index (χ2n) is 5.99. The number of methoxy groups -OCH3 is 1. The van der Waals surface area contributed by atoms with Crippen LogP contribution in [0.1, 0.15) is 33.5 Å². The molecule has 0 spiro atoms. The molecule has 25 heavy (non-hydrogen) atoms. The van der Waals surface area contributed by atoms with Crippen molar-refractivity contribution < 1.29 is 9.53 Å². The number of hydrogen-bond acceptors (Lipinski definition) is 3. The Morgan fingerprint density at radius 2 is 1.96 bits per heavy atom. The van der Waals surface area contributed by atoms with E-state index in [0.717, 1.165) is 30.6 Å². The van der Waals surface area contributed by atoms with Gasteiger partial charge >= 0.3 is 5.97 Å². The second kappa shape index (κ2) is 9.18. The Morgan fingerprint density at radius 1 is 1.16 bits per heavy atom. The van der Waals surface area contributed by atoms with Crippen LogP contribution < -0.4 is 10.6 Å². The van der Waals surface area contributed by atoms with Gasteiger partial charge in [0.25, 0.3) is 0 Å². The third-order valence-corrected chi connectivity index (χ3v) is 4.16. The number of anilines is 1. The molecule has 0 amide bonds. The van der Waals surface area contributed by atoms with E-state index in [-0.39, 0.29) is 5.97 Å². The Hall–Kier alpha value is -2.40. The molecule has 2 rings (SSSR count). The van der Waals surface area contributed by atoms with Crippen LogP contribution in [0.4, 0.5) is 5.69 Å². The fraction of sp³-hybridized carbons (Fsp3) is 0.300. The van der Waals surface area contributed by atoms with E-state index in [0.29, 0.717) is 10.7 Å². The summed E-state index contributed by atoms with van der Waals surface area (Å²) in [5.41, 5.74) is 4.93. The van der Waals surface area contributed by atoms with Crippen LogP contribution in [0.15, 0.2) is 42.5 Å². The highest BCUT2D eigenvalue weighted by molar-refractivity contribution is 7.80. The van der Waals surface area contributed by atoms with Crippen molar-refractivity contribution in [3.63, 3.8) is 0 Å². The van der Waals surface area contributed by atoms with Crippen molar-refractivity contribution in [1.29, 1.82) is 0 Å². The number of esters is 1. The highest BCUT2D eigenvalue weighted by atomic mass is 32.1. The zero-order chi connectivity index (χ0) is 18.2. The zero-order valence-corrected chi connectivity index (χ0v) is 15.7. The van der Waals surface area contributed by atoms with E-state index in [9.17, 15) is 4.79 Å². The fourth-order valence-corrected chi connectivity index (χ4v) is 2.74. The van der Waals surface area contributed by atoms with Gasteiger partial charge in [0, 0.05) is 12.2 Å². The van der Waals surface area contributed by atoms with Gasteiger partial charge in [-0.15, -0.1) is 0 Å². The number of nitrogens with one attached hydrogen (secondary N) is 2. The van der Waals surface area contributed by atoms with E-state index >= 15 is 0 Å². The maximum absolute atomic E-state index is 11.6. The molecule has 0 saturated carbocycles. The summed E-state index contributed by atoms with van der Waals surface area (Å²) < 4.78 is 4.75. The standard InChI is InChI=1S/C20H24N2O2S/c1-14-6-4-7-16(12-14)8-5-11-21-20(25)22-18-13-17(19(23)24-3)10-9-15(18)2/h4,6-7,9-10,12-13H,5,8,11H2,1-3H3,(H2,21,22,25). The Kier molecular flexibility index (Phi) is 6.95. The lowest BCUT2D eigenvalue weighted by Gasteiger charge is -2.13. The molecule has 5 heteroatoms. The van der Waals surface area contributed by atoms with Crippen LogP contribution in [0.2, 0.25) is 0 Å². The quantitative estimate of drug-likeness (QED) is 0.465. The lowest BCUT2D eigenvalue weighted by Crippen LogP contribution is -2.29. The molecule has 0 radical (unpaired) electrons. The van der Waals surface area contributed by atoms with Crippen molar-refractivity contribution in [3.8, 4) is 0 Å². The molecule has 0 bridgehead atoms. The van der Waals surface area contributed by atoms with E-state index in [1.165, 1.54) is 18.2 Å². The van der Waals surface area contributed by atoms with Crippen LogP contribution in [0, 0.1) is 13.8 Å². The molecule has 2 N–H and O–H groups in total. The highest BCUT2D eigenvalue weighted by Gasteiger charge is 2.08. The maximum Gasteiger partial charge on any atom is 0.337 e. The molecule has 4 nitrogen and oxygen atoms in total. The monoisotopic (exact) mass is 356 g/mol. The molecule has 0 aliphatic carbocycles. The summed E-state index contributed by atoms with van der Waals surface area (Å²) in [5, 5.41) is 6.91. The van der Waals surface area contributed by atoms with Crippen molar-refractivity contribution in [3.05, 3.63) is 64.7 Å². The second-order valence-corrected chi connectivity index (χ2v) is 6.40. The fourth-order valence-electron chi connectivity index (χ4n) is 2.53. The average Bonchev–Trinajstić information content (AvgIpc) is 2.60. The van der Waals surface area contributed by atoms with Crippen molar-refractivity contribution in [1.82, 2.24) is 5.32 Å². The van der Waals surface area contributed by atoms with Gasteiger partial charge in [-0.05, 0) is 62.2 Å². The van der Waals surface area contributed by atoms with Gasteiger partial charge in [-0.1, -0.05) is 35.9 Å². The van der Waals surface area contributed by atoms with Gasteiger partial charge < -0.3 is 15.4 Å². The zero-order valence-electron chi connectivity index (χ0n) is 14.9. The minimum Gasteiger partial charge on any atom is -0.465 e. The lowest BCUT2D eigenvalue weighted by atomic mass is 10.1. The molecule has 0 unspecified atom stereocenters. The van der Waals surface area contributed by atoms with Gasteiger partial charge in [0.15, 0.2) is 5.11 Å². The number of aryl methyl sites for hydroxylation is 3. The van der Waals surface area contributed by atoms with E-state index in [1.807, 2.05) is 13.0 Å². The van der Waals surface area contributed by atoms with E-state index in [2.05, 4.69) is 41.8 Å². The summed E-state index contributed by atoms with van der Waals surface area (Å²) in [6, 6.07) is 13.9. The Balaban J connectivity index is 1.83. The topological polar surface area (TPSA) is 50.4 Å². The van der Waals surface area contributed by atoms with Gasteiger partial charge in [-0.25, -0.2) is 4.79 Å². The molecule has 0 aliphatic heterocycles. The summed E-state index contributed by atoms with van der Waals surface area (Å²) in [5.74, 6) is -0.361. The first kappa shape index (κ1) is 18.9. The third-order valence-electron chi connectivity index (χ3n) is 3.92. The van der Waals surface area contributed by atoms with Gasteiger partial charge in [0.2, 0.25) is 0 Å². The number of thiocarbonyl (C=S) groups is 1. The maximum atomic E-state index is 11.6. The molecule has 0 saturated heterocycles. The minimum absolute atomic E-state index is 0.361. The predicted molar refractivity (Wildman–Crippen MR) is 106 cm³/mol. The van der Waals surface area contributed by atoms with Crippen LogP contribution in [-0.2, 0) is 11.2 Å². The number of rotatable bonds is 6. The van der Waals surface area contributed by atoms with Crippen LogP contribution in [-0.4, -0.2) is 24.7 Å². The molecular weight excluding hydrogens is 332 g/mol. The van der Waals surface area contributed by atoms with E-state index < -0.39 is 0 Å². The number of ether oxygens (including phenoxy) is 1. The molecule has 2 aromatic carbocycles. The summed E-state index contributed by atoms with van der Waals surface area (Å²) in [6.45, 7) is 4.85. The highest BCUT2D eigenvalue weighted by Crippen LogP contribution is 2.17. The molecule has 0 heterocycles. The van der Waals surface area contributed by atoms with Gasteiger partial charge in [-0.2, -0.15) is 0 Å². The Bertz CT molecular complexity index is 759. The summed E-state index contributed by atoms with van der Waals surface area (Å²) >= 11 is 5.35. The third kappa shape index (κ3) is 5.87. The summed E-state index contributed by atoms with van der Waals surface area (Å²) in [6.07, 6.45) is 2.00. The van der Waals surface area contributed by atoms with Crippen molar-refractivity contribution in [2.75, 3.05) is 19.0 Å². The van der Waals surface area contributed by atoms with Crippen molar-refractivity contribution in [2.24, 2.45) is 0 Å². The predicted octanol–water partition coefficient (Wildman–Crippen LogP) is 4.01. The summed E-state index contributed by atoms with van der Waals surface area (Å²) in [4.78, 5) is 11.6. The normalized spacial score (nSPS) is 10.2. The average molecular weight is 356 g/mol. The lowest BCUT2D eigenvalue weighted by molar-refractivity contribution is 0.0601. The SMILES string of the molecule is COC(=O)c1ccc(C)c(NC(=S)NCCCc2cccc(C)c2)c1. The molecule has 0 fully saturated rings. The van der Waals surface area contributed by atoms with Crippen LogP contribution in [0.25, 0.3) is 0 Å². The number of carbonyl (C=O) groups is 1. The van der Waals surface area contributed by atoms with Gasteiger partial charge in [0.1, 0.15) is 0 Å². The van der Waals surface area contributed by atoms with E-state index in [4.69, 9.17) is 17.0 Å². The number of carbonyl (C=O) groups excluding carboxylic acids is 1. The summed E-state index contributed by atoms with van der Waals surface area (Å²) in [7, 11) is 1.37. The Labute approximate surface area is 154 Å². The smallest absolute Gasteiger partial charge is 0.337 e. The molecule has 2 aromatic rings. The van der Waals surface area contributed by atoms with Crippen LogP contribution >= 0.6 is 12.2 Å². The molecule has 0 aliphatic rings. The minimum atomic E-state index is -0.361. The first-order valence-corrected chi connectivity index (χ1v) is 8.70. The molecule has 0 atom stereocenters. The largest absolute Gasteiger partial charge is 0.465 e. The van der Waals surface area contributed by atoms with Gasteiger partial charge in [0.05, 0.1) is 12.7 Å². The Morgan fingerprint density at radius 3 is 2.68 bits per heavy atom. The molecule has 132 valence electrons. The number of hydrogen-bond donors (Lipinski definition) is 2. The van der Waals surface area contributed by atoms with Gasteiger partial charge in [-0.3, -0.25) is 0 Å². The van der Waals surface area contributed by atoms with Crippen molar-refractivity contribution >= 4 is 29.0 Å². The number of benzene rings is 2. The first-order chi connectivity index (χ1) is 12.0. The first-order valence-electron chi connectivity index (χ1n) is 8.29. The van der Waals surface area contributed by atoms with Crippen LogP contribution in [0.5, 0.6) is 0 Å². The van der Waals surface area contributed by atoms with E-state index in [1.54, 1.807) is 12.1 Å². The van der Waals surface area contributed by atoms with Crippen LogP contribution in [0.3, 0.4) is 0 Å². The van der Waals surface area contributed by atoms with Crippen molar-refractivity contribution in [2.45, 2.75) is 26.7 Å². The molecular formula is C20H24N2O2S.